The van der Waals surface area contributed by atoms with Gasteiger partial charge in [0.05, 0.1) is 0 Å². The number of anilines is 3. The maximum absolute atomic E-state index is 5.59. The van der Waals surface area contributed by atoms with Gasteiger partial charge < -0.3 is 0 Å². The summed E-state index contributed by atoms with van der Waals surface area (Å²) in [4.78, 5) is 2.30. The summed E-state index contributed by atoms with van der Waals surface area (Å²) >= 11 is 0.237. The Morgan fingerprint density at radius 3 is 1.86 bits per heavy atom. The van der Waals surface area contributed by atoms with Crippen LogP contribution in [-0.4, -0.2) is 14.5 Å². The number of hydrogen-bond acceptors (Lipinski definition) is 2. The first-order chi connectivity index (χ1) is 14.4. The molecule has 0 spiro atoms. The molecule has 2 aromatic heterocycles. The summed E-state index contributed by atoms with van der Waals surface area (Å²) in [6.45, 7) is 0. The van der Waals surface area contributed by atoms with Crippen molar-refractivity contribution in [3.8, 4) is 20.2 Å². The number of nitrogens with zero attached hydrogens (tertiary/aromatic N) is 1. The molecule has 0 fully saturated rings. The topological polar surface area (TPSA) is 16.4 Å². The molecule has 2 heterocycles. The van der Waals surface area contributed by atoms with Crippen molar-refractivity contribution < 1.29 is 4.42 Å². The summed E-state index contributed by atoms with van der Waals surface area (Å²) in [5.41, 5.74) is 4.72. The molecular formula is C26H19NOSe. The molecule has 0 bridgehead atoms. The van der Waals surface area contributed by atoms with Gasteiger partial charge in [0.1, 0.15) is 0 Å². The number of furan rings is 1. The van der Waals surface area contributed by atoms with Crippen molar-refractivity contribution in [3.63, 3.8) is 0 Å². The van der Waals surface area contributed by atoms with Crippen LogP contribution in [0.3, 0.4) is 0 Å². The van der Waals surface area contributed by atoms with Crippen molar-refractivity contribution in [1.29, 1.82) is 0 Å². The number of hydrogen-bond donors (Lipinski definition) is 0. The van der Waals surface area contributed by atoms with E-state index in [0.29, 0.717) is 0 Å². The van der Waals surface area contributed by atoms with Crippen LogP contribution in [0, 0.1) is 0 Å². The van der Waals surface area contributed by atoms with Gasteiger partial charge in [0.15, 0.2) is 0 Å². The molecule has 0 aliphatic rings. The van der Waals surface area contributed by atoms with Gasteiger partial charge in [-0.15, -0.1) is 0 Å². The second kappa shape index (κ2) is 8.00. The zero-order valence-electron chi connectivity index (χ0n) is 15.7. The quantitative estimate of drug-likeness (QED) is 0.270. The fourth-order valence-electron chi connectivity index (χ4n) is 3.44. The first-order valence-corrected chi connectivity index (χ1v) is 11.2. The molecule has 5 aromatic rings. The van der Waals surface area contributed by atoms with Gasteiger partial charge in [-0.3, -0.25) is 0 Å². The molecule has 0 saturated carbocycles. The third kappa shape index (κ3) is 3.71. The Labute approximate surface area is 176 Å². The Hall–Kier alpha value is -3.26. The van der Waals surface area contributed by atoms with Crippen LogP contribution in [0.2, 0.25) is 0 Å². The molecule has 3 aromatic carbocycles. The second-order valence-corrected chi connectivity index (χ2v) is 8.97. The number of benzene rings is 3. The third-order valence-corrected chi connectivity index (χ3v) is 7.20. The van der Waals surface area contributed by atoms with E-state index in [4.69, 9.17) is 4.42 Å². The molecule has 0 radical (unpaired) electrons. The van der Waals surface area contributed by atoms with Gasteiger partial charge in [-0.2, -0.15) is 0 Å². The van der Waals surface area contributed by atoms with Crippen LogP contribution in [0.4, 0.5) is 17.1 Å². The summed E-state index contributed by atoms with van der Waals surface area (Å²) in [5, 5.41) is 0. The van der Waals surface area contributed by atoms with Crippen LogP contribution in [0.1, 0.15) is 0 Å². The summed E-state index contributed by atoms with van der Waals surface area (Å²) in [6.07, 6.45) is 1.74. The molecule has 0 aliphatic heterocycles. The van der Waals surface area contributed by atoms with Crippen LogP contribution in [0.15, 0.2) is 120 Å². The third-order valence-electron chi connectivity index (χ3n) is 4.79. The standard InChI is InChI=1S/C26H19NOSe/c1-3-10-21(11-4-1)27(22-12-5-2-6-13-22)23-14-7-9-20(19-23)25-16-17-26(29-25)24-15-8-18-28-24/h1-19H. The van der Waals surface area contributed by atoms with E-state index in [-0.39, 0.29) is 14.5 Å². The van der Waals surface area contributed by atoms with Gasteiger partial charge in [-0.25, -0.2) is 0 Å². The molecule has 5 rings (SSSR count). The van der Waals surface area contributed by atoms with Gasteiger partial charge in [-0.05, 0) is 0 Å². The van der Waals surface area contributed by atoms with Gasteiger partial charge in [0, 0.05) is 0 Å². The molecule has 2 nitrogen and oxygen atoms in total. The van der Waals surface area contributed by atoms with Crippen LogP contribution in [-0.2, 0) is 0 Å². The maximum atomic E-state index is 5.59. The summed E-state index contributed by atoms with van der Waals surface area (Å²) in [7, 11) is 0. The van der Waals surface area contributed by atoms with E-state index in [0.717, 1.165) is 22.8 Å². The van der Waals surface area contributed by atoms with Crippen LogP contribution >= 0.6 is 0 Å². The predicted molar refractivity (Wildman–Crippen MR) is 121 cm³/mol. The van der Waals surface area contributed by atoms with Crippen molar-refractivity contribution >= 4 is 31.6 Å². The minimum absolute atomic E-state index is 0.237. The molecule has 0 saturated heterocycles. The molecule has 0 atom stereocenters. The summed E-state index contributed by atoms with van der Waals surface area (Å²) < 4.78 is 8.24. The first-order valence-electron chi connectivity index (χ1n) is 9.53. The van der Waals surface area contributed by atoms with Gasteiger partial charge in [0.2, 0.25) is 0 Å². The molecule has 0 N–H and O–H groups in total. The fourth-order valence-corrected chi connectivity index (χ4v) is 5.48. The summed E-state index contributed by atoms with van der Waals surface area (Å²) in [6, 6.07) is 38.2. The second-order valence-electron chi connectivity index (χ2n) is 6.70. The minimum atomic E-state index is 0.237. The molecule has 29 heavy (non-hydrogen) atoms. The zero-order valence-corrected chi connectivity index (χ0v) is 17.4. The zero-order chi connectivity index (χ0) is 19.5. The Bertz CT molecular complexity index is 1150. The summed E-state index contributed by atoms with van der Waals surface area (Å²) in [5.74, 6) is 0.975. The van der Waals surface area contributed by atoms with E-state index in [1.54, 1.807) is 6.26 Å². The van der Waals surface area contributed by atoms with Crippen LogP contribution in [0.25, 0.3) is 20.2 Å². The fraction of sp³-hybridized carbons (Fsp3) is 0. The Kier molecular flexibility index (Phi) is 4.92. The van der Waals surface area contributed by atoms with Crippen molar-refractivity contribution in [2.45, 2.75) is 0 Å². The van der Waals surface area contributed by atoms with E-state index < -0.39 is 0 Å². The van der Waals surface area contributed by atoms with Gasteiger partial charge >= 0.3 is 177 Å². The first kappa shape index (κ1) is 17.8. The van der Waals surface area contributed by atoms with E-state index >= 15 is 0 Å². The van der Waals surface area contributed by atoms with Crippen LogP contribution < -0.4 is 4.90 Å². The number of para-hydroxylation sites is 2. The van der Waals surface area contributed by atoms with Crippen molar-refractivity contribution in [3.05, 3.63) is 115 Å². The van der Waals surface area contributed by atoms with E-state index in [9.17, 15) is 0 Å². The SMILES string of the molecule is c1ccc(N(c2ccccc2)c2cccc(-c3ccc(-c4ccco4)[se]3)c2)cc1. The molecule has 3 heteroatoms. The van der Waals surface area contributed by atoms with Crippen LogP contribution in [0.5, 0.6) is 0 Å². The van der Waals surface area contributed by atoms with E-state index in [1.165, 1.54) is 14.4 Å². The van der Waals surface area contributed by atoms with E-state index in [1.807, 2.05) is 12.1 Å². The number of rotatable bonds is 5. The molecule has 0 unspecified atom stereocenters. The average Bonchev–Trinajstić information content (AvgIpc) is 3.48. The molecule has 0 amide bonds. The monoisotopic (exact) mass is 441 g/mol. The average molecular weight is 440 g/mol. The van der Waals surface area contributed by atoms with Gasteiger partial charge in [0.25, 0.3) is 0 Å². The van der Waals surface area contributed by atoms with Gasteiger partial charge in [-0.1, -0.05) is 0 Å². The Morgan fingerprint density at radius 1 is 0.552 bits per heavy atom. The Balaban J connectivity index is 1.57. The molecule has 140 valence electrons. The molecular weight excluding hydrogens is 421 g/mol. The molecule has 0 aliphatic carbocycles. The van der Waals surface area contributed by atoms with E-state index in [2.05, 4.69) is 102 Å². The normalized spacial score (nSPS) is 10.8. The van der Waals surface area contributed by atoms with Crippen molar-refractivity contribution in [2.24, 2.45) is 0 Å². The predicted octanol–water partition coefficient (Wildman–Crippen LogP) is 7.14. The van der Waals surface area contributed by atoms with Crippen molar-refractivity contribution in [2.75, 3.05) is 4.90 Å². The van der Waals surface area contributed by atoms with Crippen molar-refractivity contribution in [1.82, 2.24) is 0 Å². The Morgan fingerprint density at radius 2 is 1.21 bits per heavy atom.